The van der Waals surface area contributed by atoms with Gasteiger partial charge in [0.2, 0.25) is 0 Å². The molecule has 1 aliphatic heterocycles. The Bertz CT molecular complexity index is 1050. The largest absolute Gasteiger partial charge is 0.489 e. The second-order valence-corrected chi connectivity index (χ2v) is 9.53. The monoisotopic (exact) mass is 519 g/mol. The van der Waals surface area contributed by atoms with Gasteiger partial charge in [-0.25, -0.2) is 9.18 Å². The molecule has 4 rings (SSSR count). The summed E-state index contributed by atoms with van der Waals surface area (Å²) in [7, 11) is 1.17. The fraction of sp³-hybridized carbons (Fsp3) is 0.458. The highest BCUT2D eigenvalue weighted by molar-refractivity contribution is 6.34. The molecule has 0 amide bonds. The lowest BCUT2D eigenvalue weighted by Gasteiger charge is -2.39. The molecule has 0 aromatic heterocycles. The summed E-state index contributed by atoms with van der Waals surface area (Å²) in [5.41, 5.74) is 0.447. The van der Waals surface area contributed by atoms with Crippen LogP contribution in [0.2, 0.25) is 10.0 Å². The number of benzene rings is 2. The van der Waals surface area contributed by atoms with Crippen LogP contribution in [0.1, 0.15) is 59.1 Å². The van der Waals surface area contributed by atoms with Crippen molar-refractivity contribution in [1.82, 2.24) is 4.90 Å². The van der Waals surface area contributed by atoms with Crippen LogP contribution in [0.5, 0.6) is 5.75 Å². The third-order valence-corrected chi connectivity index (χ3v) is 6.54. The number of esters is 1. The predicted octanol–water partition coefficient (Wildman–Crippen LogP) is 6.94. The van der Waals surface area contributed by atoms with Gasteiger partial charge in [-0.1, -0.05) is 23.2 Å². The molecule has 0 radical (unpaired) electrons. The summed E-state index contributed by atoms with van der Waals surface area (Å²) in [6.45, 7) is 0.193. The Morgan fingerprint density at radius 2 is 1.76 bits per heavy atom. The van der Waals surface area contributed by atoms with Crippen molar-refractivity contribution in [1.29, 1.82) is 0 Å². The van der Waals surface area contributed by atoms with Gasteiger partial charge in [0, 0.05) is 22.7 Å². The Morgan fingerprint density at radius 3 is 2.35 bits per heavy atom. The first-order valence-electron chi connectivity index (χ1n) is 10.9. The maximum Gasteiger partial charge on any atom is 0.408 e. The number of rotatable bonds is 6. The van der Waals surface area contributed by atoms with Gasteiger partial charge < -0.3 is 9.47 Å². The Balaban J connectivity index is 1.59. The number of carbonyl (C=O) groups excluding carboxylic acids is 1. The molecule has 0 N–H and O–H groups in total. The van der Waals surface area contributed by atoms with Crippen molar-refractivity contribution in [2.75, 3.05) is 20.2 Å². The summed E-state index contributed by atoms with van der Waals surface area (Å²) in [5.74, 6) is -1.20. The molecule has 0 spiro atoms. The third kappa shape index (κ3) is 5.61. The molecule has 2 aliphatic rings. The van der Waals surface area contributed by atoms with Crippen LogP contribution in [-0.4, -0.2) is 43.3 Å². The van der Waals surface area contributed by atoms with Gasteiger partial charge in [-0.2, -0.15) is 13.2 Å². The summed E-state index contributed by atoms with van der Waals surface area (Å²) in [6.07, 6.45) is -2.44. The molecule has 184 valence electrons. The van der Waals surface area contributed by atoms with E-state index in [4.69, 9.17) is 27.9 Å². The standard InChI is InChI=1S/C24H23Cl2F4NO3/c1-33-23(32)19-10-18(13-4-5-13)21(11-20(19)27)34-17-3-2-6-31(12-17)22(24(28,29)30)14-7-15(25)9-16(26)8-14/h7-11,13,17,22H,2-6,12H2,1H3/t17-,22+/m1/s1. The van der Waals surface area contributed by atoms with Crippen LogP contribution in [-0.2, 0) is 4.74 Å². The normalized spacial score (nSPS) is 20.1. The fourth-order valence-corrected chi connectivity index (χ4v) is 5.01. The average Bonchev–Trinajstić information content (AvgIpc) is 3.57. The van der Waals surface area contributed by atoms with E-state index in [1.165, 1.54) is 36.3 Å². The Morgan fingerprint density at radius 1 is 1.09 bits per heavy atom. The van der Waals surface area contributed by atoms with E-state index >= 15 is 0 Å². The Kier molecular flexibility index (Phi) is 7.31. The van der Waals surface area contributed by atoms with Gasteiger partial charge >= 0.3 is 12.1 Å². The lowest BCUT2D eigenvalue weighted by molar-refractivity contribution is -0.192. The highest BCUT2D eigenvalue weighted by Gasteiger charge is 2.46. The first-order valence-corrected chi connectivity index (χ1v) is 11.7. The number of nitrogens with zero attached hydrogens (tertiary/aromatic N) is 1. The number of hydrogen-bond donors (Lipinski definition) is 0. The smallest absolute Gasteiger partial charge is 0.408 e. The molecule has 2 atom stereocenters. The molecule has 2 aromatic carbocycles. The van der Waals surface area contributed by atoms with Gasteiger partial charge in [-0.05, 0) is 73.5 Å². The second kappa shape index (κ2) is 9.91. The van der Waals surface area contributed by atoms with Crippen LogP contribution in [0.15, 0.2) is 30.3 Å². The summed E-state index contributed by atoms with van der Waals surface area (Å²) < 4.78 is 67.7. The summed E-state index contributed by atoms with van der Waals surface area (Å²) in [4.78, 5) is 13.2. The van der Waals surface area contributed by atoms with E-state index < -0.39 is 30.1 Å². The topological polar surface area (TPSA) is 38.8 Å². The van der Waals surface area contributed by atoms with Crippen LogP contribution in [0.3, 0.4) is 0 Å². The molecule has 1 saturated carbocycles. The number of alkyl halides is 3. The molecule has 0 bridgehead atoms. The Hall–Kier alpha value is -2.03. The fourth-order valence-electron chi connectivity index (χ4n) is 4.47. The van der Waals surface area contributed by atoms with Gasteiger partial charge in [0.05, 0.1) is 12.7 Å². The number of hydrogen-bond acceptors (Lipinski definition) is 4. The molecular weight excluding hydrogens is 497 g/mol. The minimum Gasteiger partial charge on any atom is -0.489 e. The van der Waals surface area contributed by atoms with Gasteiger partial charge in [0.1, 0.15) is 23.7 Å². The van der Waals surface area contributed by atoms with E-state index in [1.807, 2.05) is 0 Å². The van der Waals surface area contributed by atoms with Crippen molar-refractivity contribution in [3.8, 4) is 5.75 Å². The van der Waals surface area contributed by atoms with E-state index in [0.717, 1.165) is 18.9 Å². The van der Waals surface area contributed by atoms with E-state index in [9.17, 15) is 22.4 Å². The number of methoxy groups -OCH3 is 1. The lowest BCUT2D eigenvalue weighted by Crippen LogP contribution is -2.47. The van der Waals surface area contributed by atoms with Crippen LogP contribution in [0.4, 0.5) is 17.6 Å². The molecule has 0 unspecified atom stereocenters. The van der Waals surface area contributed by atoms with Crippen molar-refractivity contribution in [3.05, 3.63) is 62.9 Å². The van der Waals surface area contributed by atoms with Gasteiger partial charge in [-0.3, -0.25) is 4.90 Å². The van der Waals surface area contributed by atoms with Crippen LogP contribution < -0.4 is 4.74 Å². The van der Waals surface area contributed by atoms with Crippen LogP contribution in [0.25, 0.3) is 0 Å². The number of halogens is 6. The molecule has 10 heteroatoms. The molecule has 1 aliphatic carbocycles. The molecule has 1 heterocycles. The minimum absolute atomic E-state index is 0.0151. The highest BCUT2D eigenvalue weighted by atomic mass is 35.5. The van der Waals surface area contributed by atoms with Crippen LogP contribution in [0, 0.1) is 5.82 Å². The van der Waals surface area contributed by atoms with Crippen molar-refractivity contribution in [3.63, 3.8) is 0 Å². The first kappa shape index (κ1) is 25.1. The van der Waals surface area contributed by atoms with Gasteiger partial charge in [0.15, 0.2) is 0 Å². The van der Waals surface area contributed by atoms with E-state index in [2.05, 4.69) is 4.74 Å². The predicted molar refractivity (Wildman–Crippen MR) is 120 cm³/mol. The van der Waals surface area contributed by atoms with Gasteiger partial charge in [-0.15, -0.1) is 0 Å². The minimum atomic E-state index is -4.57. The first-order chi connectivity index (χ1) is 16.1. The average molecular weight is 520 g/mol. The quantitative estimate of drug-likeness (QED) is 0.306. The lowest BCUT2D eigenvalue weighted by atomic mass is 9.99. The molecule has 34 heavy (non-hydrogen) atoms. The molecule has 2 aromatic rings. The Labute approximate surface area is 204 Å². The number of piperidine rings is 1. The number of likely N-dealkylation sites (tertiary alicyclic amines) is 1. The van der Waals surface area contributed by atoms with Crippen LogP contribution >= 0.6 is 23.2 Å². The highest BCUT2D eigenvalue weighted by Crippen LogP contribution is 2.46. The third-order valence-electron chi connectivity index (χ3n) is 6.10. The van der Waals surface area contributed by atoms with E-state index in [-0.39, 0.29) is 45.9 Å². The zero-order valence-corrected chi connectivity index (χ0v) is 19.8. The maximum atomic E-state index is 14.6. The second-order valence-electron chi connectivity index (χ2n) is 8.66. The van der Waals surface area contributed by atoms with Gasteiger partial charge in [0.25, 0.3) is 0 Å². The molecular formula is C24H23Cl2F4NO3. The zero-order valence-electron chi connectivity index (χ0n) is 18.3. The summed E-state index contributed by atoms with van der Waals surface area (Å²) in [5, 5.41) is 0.244. The molecule has 2 fully saturated rings. The van der Waals surface area contributed by atoms with E-state index in [0.29, 0.717) is 18.4 Å². The summed E-state index contributed by atoms with van der Waals surface area (Å²) >= 11 is 11.9. The van der Waals surface area contributed by atoms with Crippen molar-refractivity contribution in [2.24, 2.45) is 0 Å². The number of carbonyl (C=O) groups is 1. The number of ether oxygens (including phenoxy) is 2. The molecule has 4 nitrogen and oxygen atoms in total. The molecule has 1 saturated heterocycles. The van der Waals surface area contributed by atoms with Crippen molar-refractivity contribution in [2.45, 2.75) is 49.9 Å². The van der Waals surface area contributed by atoms with Crippen molar-refractivity contribution < 1.29 is 31.8 Å². The van der Waals surface area contributed by atoms with E-state index in [1.54, 1.807) is 0 Å². The SMILES string of the molecule is COC(=O)c1cc(C2CC2)c(O[C@@H]2CCCN([C@@H](c3cc(Cl)cc(Cl)c3)C(F)(F)F)C2)cc1F. The van der Waals surface area contributed by atoms with Crippen molar-refractivity contribution >= 4 is 29.2 Å². The maximum absolute atomic E-state index is 14.6. The summed E-state index contributed by atoms with van der Waals surface area (Å²) in [6, 6.07) is 4.58. The zero-order chi connectivity index (χ0) is 24.6.